The zero-order valence-electron chi connectivity index (χ0n) is 11.7. The summed E-state index contributed by atoms with van der Waals surface area (Å²) in [6, 6.07) is 0. The molecule has 0 aromatic carbocycles. The zero-order valence-corrected chi connectivity index (χ0v) is 12.5. The summed E-state index contributed by atoms with van der Waals surface area (Å²) >= 11 is 6.00. The average molecular weight is 298 g/mol. The molecule has 0 spiro atoms. The van der Waals surface area contributed by atoms with Crippen LogP contribution in [0.5, 0.6) is 0 Å². The zero-order chi connectivity index (χ0) is 14.0. The maximum absolute atomic E-state index is 6.00. The molecule has 0 unspecified atom stereocenters. The predicted molar refractivity (Wildman–Crippen MR) is 78.4 cm³/mol. The van der Waals surface area contributed by atoms with Gasteiger partial charge in [0.15, 0.2) is 0 Å². The molecule has 7 heteroatoms. The second-order valence-electron chi connectivity index (χ2n) is 5.52. The van der Waals surface area contributed by atoms with E-state index in [0.29, 0.717) is 18.4 Å². The second-order valence-corrected chi connectivity index (χ2v) is 5.85. The molecule has 0 atom stereocenters. The van der Waals surface area contributed by atoms with Gasteiger partial charge in [-0.25, -0.2) is 0 Å². The number of hydrogen-bond acceptors (Lipinski definition) is 6. The van der Waals surface area contributed by atoms with Crippen molar-refractivity contribution in [2.75, 3.05) is 37.0 Å². The van der Waals surface area contributed by atoms with Gasteiger partial charge in [-0.15, -0.1) is 0 Å². The smallest absolute Gasteiger partial charge is 0.231 e. The number of ether oxygens (including phenoxy) is 1. The van der Waals surface area contributed by atoms with Crippen LogP contribution >= 0.6 is 11.6 Å². The first-order chi connectivity index (χ1) is 9.71. The molecule has 1 aliphatic heterocycles. The van der Waals surface area contributed by atoms with Crippen molar-refractivity contribution in [2.24, 2.45) is 0 Å². The Morgan fingerprint density at radius 3 is 2.55 bits per heavy atom. The number of rotatable bonds is 5. The maximum Gasteiger partial charge on any atom is 0.231 e. The minimum atomic E-state index is -0.0626. The summed E-state index contributed by atoms with van der Waals surface area (Å²) in [5.41, 5.74) is -0.0626. The Bertz CT molecular complexity index is 468. The van der Waals surface area contributed by atoms with E-state index in [1.54, 1.807) is 7.11 Å². The number of nitrogens with zero attached hydrogens (tertiary/aromatic N) is 4. The normalized spacial score (nSPS) is 20.8. The number of anilines is 2. The number of hydrogen-bond donors (Lipinski definition) is 1. The lowest BCUT2D eigenvalue weighted by atomic mass is 9.80. The molecule has 20 heavy (non-hydrogen) atoms. The highest BCUT2D eigenvalue weighted by Crippen LogP contribution is 2.35. The maximum atomic E-state index is 6.00. The van der Waals surface area contributed by atoms with Crippen molar-refractivity contribution in [3.05, 3.63) is 5.28 Å². The van der Waals surface area contributed by atoms with Gasteiger partial charge in [0.25, 0.3) is 0 Å². The van der Waals surface area contributed by atoms with Crippen LogP contribution in [0.3, 0.4) is 0 Å². The van der Waals surface area contributed by atoms with Crippen LogP contribution < -0.4 is 10.2 Å². The van der Waals surface area contributed by atoms with E-state index in [-0.39, 0.29) is 10.9 Å². The van der Waals surface area contributed by atoms with Gasteiger partial charge in [-0.05, 0) is 43.7 Å². The van der Waals surface area contributed by atoms with Gasteiger partial charge in [0.05, 0.1) is 5.60 Å². The van der Waals surface area contributed by atoms with Crippen molar-refractivity contribution < 1.29 is 4.74 Å². The van der Waals surface area contributed by atoms with Gasteiger partial charge < -0.3 is 15.0 Å². The van der Waals surface area contributed by atoms with Crippen LogP contribution in [0.15, 0.2) is 0 Å². The molecule has 2 heterocycles. The Kier molecular flexibility index (Phi) is 3.94. The fourth-order valence-corrected chi connectivity index (χ4v) is 2.90. The Morgan fingerprint density at radius 2 is 1.95 bits per heavy atom. The van der Waals surface area contributed by atoms with Gasteiger partial charge in [-0.3, -0.25) is 0 Å². The van der Waals surface area contributed by atoms with Crippen LogP contribution in [-0.2, 0) is 4.74 Å². The van der Waals surface area contributed by atoms with Gasteiger partial charge >= 0.3 is 0 Å². The third-order valence-corrected chi connectivity index (χ3v) is 4.42. The van der Waals surface area contributed by atoms with Crippen molar-refractivity contribution in [3.8, 4) is 0 Å². The standard InChI is InChI=1S/C13H20ClN5O/c1-20-13(5-4-6-13)9-15-11-16-10(14)17-12(18-11)19-7-2-3-8-19/h2-9H2,1H3,(H,15,16,17,18). The molecule has 1 aromatic rings. The third-order valence-electron chi connectivity index (χ3n) is 4.25. The molecule has 0 bridgehead atoms. The molecule has 0 amide bonds. The van der Waals surface area contributed by atoms with Crippen LogP contribution in [-0.4, -0.2) is 47.3 Å². The van der Waals surface area contributed by atoms with E-state index < -0.39 is 0 Å². The number of nitrogens with one attached hydrogen (secondary N) is 1. The Balaban J connectivity index is 1.69. The highest BCUT2D eigenvalue weighted by Gasteiger charge is 2.37. The summed E-state index contributed by atoms with van der Waals surface area (Å²) in [5, 5.41) is 3.48. The summed E-state index contributed by atoms with van der Waals surface area (Å²) in [5.74, 6) is 1.21. The summed E-state index contributed by atoms with van der Waals surface area (Å²) in [6.45, 7) is 2.69. The monoisotopic (exact) mass is 297 g/mol. The lowest BCUT2D eigenvalue weighted by Crippen LogP contribution is -2.45. The molecule has 0 radical (unpaired) electrons. The van der Waals surface area contributed by atoms with E-state index in [2.05, 4.69) is 25.2 Å². The molecule has 1 saturated carbocycles. The summed E-state index contributed by atoms with van der Waals surface area (Å²) in [4.78, 5) is 15.0. The average Bonchev–Trinajstić information content (AvgIpc) is 2.91. The van der Waals surface area contributed by atoms with E-state index in [9.17, 15) is 0 Å². The van der Waals surface area contributed by atoms with Crippen molar-refractivity contribution in [3.63, 3.8) is 0 Å². The number of aromatic nitrogens is 3. The van der Waals surface area contributed by atoms with Crippen LogP contribution in [0.25, 0.3) is 0 Å². The summed E-state index contributed by atoms with van der Waals surface area (Å²) in [7, 11) is 1.76. The topological polar surface area (TPSA) is 63.2 Å². The van der Waals surface area contributed by atoms with Gasteiger partial charge in [0.1, 0.15) is 0 Å². The van der Waals surface area contributed by atoms with Crippen LogP contribution in [0, 0.1) is 0 Å². The van der Waals surface area contributed by atoms with E-state index in [1.165, 1.54) is 19.3 Å². The first kappa shape index (κ1) is 13.8. The summed E-state index contributed by atoms with van der Waals surface area (Å²) in [6.07, 6.45) is 5.73. The second kappa shape index (κ2) is 5.69. The van der Waals surface area contributed by atoms with Crippen molar-refractivity contribution in [1.29, 1.82) is 0 Å². The van der Waals surface area contributed by atoms with Crippen molar-refractivity contribution in [1.82, 2.24) is 15.0 Å². The number of halogens is 1. The van der Waals surface area contributed by atoms with Crippen molar-refractivity contribution >= 4 is 23.5 Å². The molecule has 3 rings (SSSR count). The van der Waals surface area contributed by atoms with Crippen LogP contribution in [0.4, 0.5) is 11.9 Å². The van der Waals surface area contributed by atoms with Crippen LogP contribution in [0.2, 0.25) is 5.28 Å². The first-order valence-electron chi connectivity index (χ1n) is 7.16. The van der Waals surface area contributed by atoms with E-state index in [1.807, 2.05) is 0 Å². The molecule has 6 nitrogen and oxygen atoms in total. The fourth-order valence-electron chi connectivity index (χ4n) is 2.74. The lowest BCUT2D eigenvalue weighted by Gasteiger charge is -2.40. The highest BCUT2D eigenvalue weighted by molar-refractivity contribution is 6.28. The molecular weight excluding hydrogens is 278 g/mol. The SMILES string of the molecule is COC1(CNc2nc(Cl)nc(N3CCCC3)n2)CCC1. The minimum Gasteiger partial charge on any atom is -0.376 e. The van der Waals surface area contributed by atoms with E-state index in [0.717, 1.165) is 25.9 Å². The van der Waals surface area contributed by atoms with Crippen LogP contribution in [0.1, 0.15) is 32.1 Å². The molecule has 1 aliphatic carbocycles. The van der Waals surface area contributed by atoms with Gasteiger partial charge in [-0.2, -0.15) is 15.0 Å². The molecule has 2 aliphatic rings. The molecule has 1 N–H and O–H groups in total. The van der Waals surface area contributed by atoms with Gasteiger partial charge in [0, 0.05) is 26.7 Å². The molecule has 1 saturated heterocycles. The third kappa shape index (κ3) is 2.81. The largest absolute Gasteiger partial charge is 0.376 e. The van der Waals surface area contributed by atoms with E-state index in [4.69, 9.17) is 16.3 Å². The van der Waals surface area contributed by atoms with E-state index >= 15 is 0 Å². The first-order valence-corrected chi connectivity index (χ1v) is 7.54. The molecule has 110 valence electrons. The Morgan fingerprint density at radius 1 is 1.20 bits per heavy atom. The Hall–Kier alpha value is -1.14. The van der Waals surface area contributed by atoms with Gasteiger partial charge in [-0.1, -0.05) is 0 Å². The number of methoxy groups -OCH3 is 1. The summed E-state index contributed by atoms with van der Waals surface area (Å²) < 4.78 is 5.58. The lowest BCUT2D eigenvalue weighted by molar-refractivity contribution is -0.0602. The quantitative estimate of drug-likeness (QED) is 0.898. The molecular formula is C13H20ClN5O. The minimum absolute atomic E-state index is 0.0626. The molecule has 1 aromatic heterocycles. The predicted octanol–water partition coefficient (Wildman–Crippen LogP) is 2.11. The highest BCUT2D eigenvalue weighted by atomic mass is 35.5. The molecule has 2 fully saturated rings. The van der Waals surface area contributed by atoms with Gasteiger partial charge in [0.2, 0.25) is 17.2 Å². The Labute approximate surface area is 123 Å². The fraction of sp³-hybridized carbons (Fsp3) is 0.769. The van der Waals surface area contributed by atoms with Crippen molar-refractivity contribution in [2.45, 2.75) is 37.7 Å².